The van der Waals surface area contributed by atoms with E-state index in [0.29, 0.717) is 25.3 Å². The maximum absolute atomic E-state index is 12.5. The quantitative estimate of drug-likeness (QED) is 0.480. The molecule has 6 heteroatoms. The molecule has 1 aromatic heterocycles. The van der Waals surface area contributed by atoms with Crippen molar-refractivity contribution >= 4 is 31.7 Å². The molecule has 0 aliphatic heterocycles. The summed E-state index contributed by atoms with van der Waals surface area (Å²) < 4.78 is 33.5. The third-order valence-corrected chi connectivity index (χ3v) is 5.96. The van der Waals surface area contributed by atoms with Crippen molar-refractivity contribution in [3.8, 4) is 5.75 Å². The van der Waals surface area contributed by atoms with Gasteiger partial charge in [0.2, 0.25) is 10.0 Å². The molecule has 1 heterocycles. The van der Waals surface area contributed by atoms with E-state index in [4.69, 9.17) is 4.74 Å². The summed E-state index contributed by atoms with van der Waals surface area (Å²) in [5.74, 6) is 0.704. The monoisotopic (exact) mass is 392 g/mol. The molecule has 4 aromatic rings. The topological polar surface area (TPSA) is 68.3 Å². The zero-order chi connectivity index (χ0) is 19.4. The minimum Gasteiger partial charge on any atom is -0.491 e. The summed E-state index contributed by atoms with van der Waals surface area (Å²) in [6, 6.07) is 22.5. The summed E-state index contributed by atoms with van der Waals surface area (Å²) in [5, 5.41) is 2.92. The van der Waals surface area contributed by atoms with E-state index in [1.54, 1.807) is 18.3 Å². The second kappa shape index (κ2) is 7.96. The van der Waals surface area contributed by atoms with Gasteiger partial charge in [0.1, 0.15) is 11.3 Å². The van der Waals surface area contributed by atoms with Gasteiger partial charge in [-0.25, -0.2) is 13.1 Å². The Labute approximate surface area is 164 Å². The van der Waals surface area contributed by atoms with E-state index in [-0.39, 0.29) is 4.90 Å². The van der Waals surface area contributed by atoms with Gasteiger partial charge in [-0.15, -0.1) is 0 Å². The first-order valence-electron chi connectivity index (χ1n) is 9.08. The zero-order valence-electron chi connectivity index (χ0n) is 15.2. The fourth-order valence-electron chi connectivity index (χ4n) is 3.07. The predicted octanol–water partition coefficient (Wildman–Crippen LogP) is 4.14. The molecule has 1 N–H and O–H groups in total. The largest absolute Gasteiger partial charge is 0.491 e. The van der Waals surface area contributed by atoms with Crippen LogP contribution < -0.4 is 9.46 Å². The Kier molecular flexibility index (Phi) is 5.23. The number of benzene rings is 3. The van der Waals surface area contributed by atoms with Gasteiger partial charge in [0, 0.05) is 18.1 Å². The third-order valence-electron chi connectivity index (χ3n) is 4.50. The Morgan fingerprint density at radius 2 is 1.64 bits per heavy atom. The van der Waals surface area contributed by atoms with Gasteiger partial charge in [0.15, 0.2) is 0 Å². The van der Waals surface area contributed by atoms with Crippen LogP contribution in [0, 0.1) is 0 Å². The van der Waals surface area contributed by atoms with Crippen LogP contribution >= 0.6 is 0 Å². The van der Waals surface area contributed by atoms with Crippen molar-refractivity contribution < 1.29 is 13.2 Å². The average molecular weight is 392 g/mol. The molecule has 0 aliphatic rings. The summed E-state index contributed by atoms with van der Waals surface area (Å²) in [6.45, 7) is 0.698. The molecule has 28 heavy (non-hydrogen) atoms. The fraction of sp³-hybridized carbons (Fsp3) is 0.136. The zero-order valence-corrected chi connectivity index (χ0v) is 16.0. The molecule has 3 aromatic carbocycles. The van der Waals surface area contributed by atoms with Crippen LogP contribution in [0.5, 0.6) is 5.75 Å². The van der Waals surface area contributed by atoms with Crippen LogP contribution in [-0.4, -0.2) is 26.6 Å². The van der Waals surface area contributed by atoms with Crippen LogP contribution in [0.2, 0.25) is 0 Å². The number of pyridine rings is 1. The Morgan fingerprint density at radius 3 is 2.54 bits per heavy atom. The van der Waals surface area contributed by atoms with Gasteiger partial charge in [-0.3, -0.25) is 4.98 Å². The lowest BCUT2D eigenvalue weighted by Crippen LogP contribution is -2.25. The van der Waals surface area contributed by atoms with E-state index < -0.39 is 10.0 Å². The van der Waals surface area contributed by atoms with Gasteiger partial charge < -0.3 is 4.74 Å². The van der Waals surface area contributed by atoms with E-state index in [9.17, 15) is 8.42 Å². The van der Waals surface area contributed by atoms with Crippen molar-refractivity contribution in [3.05, 3.63) is 79.0 Å². The Balaban J connectivity index is 1.35. The van der Waals surface area contributed by atoms with Crippen LogP contribution in [-0.2, 0) is 10.0 Å². The number of hydrogen-bond acceptors (Lipinski definition) is 4. The standard InChI is InChI=1S/C22H20N2O3S/c25-28(26,20-12-11-17-6-1-2-7-19(17)16-20)24-14-5-15-27-21-10-3-8-18-9-4-13-23-22(18)21/h1-4,6-13,16,24H,5,14-15H2. The molecule has 142 valence electrons. The van der Waals surface area contributed by atoms with Crippen LogP contribution in [0.1, 0.15) is 6.42 Å². The maximum atomic E-state index is 12.5. The van der Waals surface area contributed by atoms with Gasteiger partial charge in [-0.05, 0) is 41.5 Å². The van der Waals surface area contributed by atoms with Gasteiger partial charge in [0.25, 0.3) is 0 Å². The summed E-state index contributed by atoms with van der Waals surface area (Å²) in [4.78, 5) is 4.62. The van der Waals surface area contributed by atoms with E-state index in [0.717, 1.165) is 21.7 Å². The van der Waals surface area contributed by atoms with Crippen molar-refractivity contribution in [2.24, 2.45) is 0 Å². The highest BCUT2D eigenvalue weighted by Crippen LogP contribution is 2.23. The molecule has 0 amide bonds. The highest BCUT2D eigenvalue weighted by molar-refractivity contribution is 7.89. The summed E-state index contributed by atoms with van der Waals surface area (Å²) in [6.07, 6.45) is 2.28. The van der Waals surface area contributed by atoms with Crippen LogP contribution in [0.15, 0.2) is 83.9 Å². The van der Waals surface area contributed by atoms with E-state index in [2.05, 4.69) is 9.71 Å². The lowest BCUT2D eigenvalue weighted by Gasteiger charge is -2.10. The minimum atomic E-state index is -3.55. The Morgan fingerprint density at radius 1 is 0.857 bits per heavy atom. The predicted molar refractivity (Wildman–Crippen MR) is 111 cm³/mol. The molecule has 0 bridgehead atoms. The number of nitrogens with zero attached hydrogens (tertiary/aromatic N) is 1. The first kappa shape index (κ1) is 18.4. The van der Waals surface area contributed by atoms with Crippen LogP contribution in [0.4, 0.5) is 0 Å². The van der Waals surface area contributed by atoms with Crippen molar-refractivity contribution in [3.63, 3.8) is 0 Å². The maximum Gasteiger partial charge on any atom is 0.240 e. The second-order valence-corrected chi connectivity index (χ2v) is 8.21. The lowest BCUT2D eigenvalue weighted by atomic mass is 10.1. The molecule has 0 saturated carbocycles. The van der Waals surface area contributed by atoms with Crippen molar-refractivity contribution in [2.75, 3.05) is 13.2 Å². The first-order valence-corrected chi connectivity index (χ1v) is 10.6. The number of para-hydroxylation sites is 1. The van der Waals surface area contributed by atoms with Gasteiger partial charge in [-0.1, -0.05) is 48.5 Å². The first-order chi connectivity index (χ1) is 13.6. The number of ether oxygens (including phenoxy) is 1. The van der Waals surface area contributed by atoms with Gasteiger partial charge >= 0.3 is 0 Å². The lowest BCUT2D eigenvalue weighted by molar-refractivity contribution is 0.314. The molecular formula is C22H20N2O3S. The summed E-state index contributed by atoms with van der Waals surface area (Å²) in [7, 11) is -3.55. The van der Waals surface area contributed by atoms with Crippen LogP contribution in [0.3, 0.4) is 0 Å². The van der Waals surface area contributed by atoms with Crippen molar-refractivity contribution in [1.82, 2.24) is 9.71 Å². The molecule has 0 atom stereocenters. The summed E-state index contributed by atoms with van der Waals surface area (Å²) in [5.41, 5.74) is 0.807. The molecule has 0 saturated heterocycles. The Hall–Kier alpha value is -2.96. The minimum absolute atomic E-state index is 0.269. The SMILES string of the molecule is O=S(=O)(NCCCOc1cccc2cccnc12)c1ccc2ccccc2c1. The second-order valence-electron chi connectivity index (χ2n) is 6.44. The normalized spacial score (nSPS) is 11.7. The molecule has 0 radical (unpaired) electrons. The van der Waals surface area contributed by atoms with Crippen molar-refractivity contribution in [1.29, 1.82) is 0 Å². The van der Waals surface area contributed by atoms with E-state index in [1.807, 2.05) is 60.7 Å². The highest BCUT2D eigenvalue weighted by Gasteiger charge is 2.13. The third kappa shape index (κ3) is 3.98. The Bertz CT molecular complexity index is 1220. The van der Waals surface area contributed by atoms with E-state index >= 15 is 0 Å². The highest BCUT2D eigenvalue weighted by atomic mass is 32.2. The molecule has 5 nitrogen and oxygen atoms in total. The summed E-state index contributed by atoms with van der Waals surface area (Å²) >= 11 is 0. The molecule has 0 fully saturated rings. The van der Waals surface area contributed by atoms with E-state index in [1.165, 1.54) is 0 Å². The number of nitrogens with one attached hydrogen (secondary N) is 1. The average Bonchev–Trinajstić information content (AvgIpc) is 2.73. The fourth-order valence-corrected chi connectivity index (χ4v) is 4.18. The van der Waals surface area contributed by atoms with Gasteiger partial charge in [-0.2, -0.15) is 0 Å². The number of rotatable bonds is 7. The molecule has 4 rings (SSSR count). The molecule has 0 aliphatic carbocycles. The molecule has 0 unspecified atom stereocenters. The number of hydrogen-bond donors (Lipinski definition) is 1. The molecule has 0 spiro atoms. The number of sulfonamides is 1. The number of fused-ring (bicyclic) bond motifs is 2. The van der Waals surface area contributed by atoms with Gasteiger partial charge in [0.05, 0.1) is 11.5 Å². The smallest absolute Gasteiger partial charge is 0.240 e. The van der Waals surface area contributed by atoms with Crippen LogP contribution in [0.25, 0.3) is 21.7 Å². The number of aromatic nitrogens is 1. The van der Waals surface area contributed by atoms with Crippen molar-refractivity contribution in [2.45, 2.75) is 11.3 Å². The molecular weight excluding hydrogens is 372 g/mol.